The molecule has 4 heteroatoms. The minimum absolute atomic E-state index is 0.0242. The molecule has 0 heterocycles. The van der Waals surface area contributed by atoms with E-state index in [1.54, 1.807) is 0 Å². The highest BCUT2D eigenvalue weighted by atomic mass is 16.5. The van der Waals surface area contributed by atoms with Crippen molar-refractivity contribution in [1.82, 2.24) is 5.32 Å². The molecule has 2 N–H and O–H groups in total. The molecule has 2 atom stereocenters. The van der Waals surface area contributed by atoms with E-state index in [0.717, 1.165) is 37.0 Å². The van der Waals surface area contributed by atoms with Crippen molar-refractivity contribution in [3.63, 3.8) is 0 Å². The predicted octanol–water partition coefficient (Wildman–Crippen LogP) is 1.90. The van der Waals surface area contributed by atoms with Gasteiger partial charge in [0.05, 0.1) is 18.6 Å². The third-order valence-electron chi connectivity index (χ3n) is 3.78. The molecule has 4 nitrogen and oxygen atoms in total. The van der Waals surface area contributed by atoms with E-state index in [0.29, 0.717) is 13.2 Å². The Kier molecular flexibility index (Phi) is 5.41. The number of carbonyl (C=O) groups is 1. The van der Waals surface area contributed by atoms with Crippen molar-refractivity contribution in [3.05, 3.63) is 29.8 Å². The Morgan fingerprint density at radius 2 is 2.20 bits per heavy atom. The summed E-state index contributed by atoms with van der Waals surface area (Å²) in [6, 6.07) is 7.88. The highest BCUT2D eigenvalue weighted by Crippen LogP contribution is 2.25. The van der Waals surface area contributed by atoms with Crippen LogP contribution in [0, 0.1) is 5.92 Å². The summed E-state index contributed by atoms with van der Waals surface area (Å²) in [4.78, 5) is 12.0. The van der Waals surface area contributed by atoms with Gasteiger partial charge in [0.25, 0.3) is 0 Å². The number of rotatable bonds is 6. The van der Waals surface area contributed by atoms with Gasteiger partial charge >= 0.3 is 0 Å². The molecular weight excluding hydrogens is 254 g/mol. The van der Waals surface area contributed by atoms with Crippen LogP contribution < -0.4 is 10.1 Å². The van der Waals surface area contributed by atoms with Gasteiger partial charge in [-0.3, -0.25) is 4.79 Å². The molecule has 0 spiro atoms. The minimum atomic E-state index is -0.467. The first kappa shape index (κ1) is 14.9. The highest BCUT2D eigenvalue weighted by Gasteiger charge is 2.30. The number of carbonyl (C=O) groups excluding carboxylic acids is 1. The molecule has 2 unspecified atom stereocenters. The Morgan fingerprint density at radius 1 is 1.40 bits per heavy atom. The maximum atomic E-state index is 12.0. The molecule has 2 rings (SSSR count). The number of benzene rings is 1. The van der Waals surface area contributed by atoms with Gasteiger partial charge in [-0.05, 0) is 44.2 Å². The normalized spacial score (nSPS) is 21.7. The summed E-state index contributed by atoms with van der Waals surface area (Å²) in [5.74, 6) is 0.631. The largest absolute Gasteiger partial charge is 0.494 e. The van der Waals surface area contributed by atoms with Crippen molar-refractivity contribution < 1.29 is 14.6 Å². The molecule has 0 radical (unpaired) electrons. The van der Waals surface area contributed by atoms with E-state index in [1.165, 1.54) is 0 Å². The lowest BCUT2D eigenvalue weighted by Gasteiger charge is -2.15. The van der Waals surface area contributed by atoms with E-state index in [9.17, 15) is 9.90 Å². The summed E-state index contributed by atoms with van der Waals surface area (Å²) in [5, 5.41) is 12.6. The van der Waals surface area contributed by atoms with E-state index in [1.807, 2.05) is 31.2 Å². The monoisotopic (exact) mass is 277 g/mol. The number of ether oxygens (including phenoxy) is 1. The topological polar surface area (TPSA) is 58.6 Å². The molecule has 110 valence electrons. The Morgan fingerprint density at radius 3 is 2.90 bits per heavy atom. The maximum Gasteiger partial charge on any atom is 0.225 e. The molecule has 0 bridgehead atoms. The van der Waals surface area contributed by atoms with Crippen molar-refractivity contribution in [2.45, 2.75) is 38.7 Å². The fraction of sp³-hybridized carbons (Fsp3) is 0.562. The Balaban J connectivity index is 1.82. The third-order valence-corrected chi connectivity index (χ3v) is 3.78. The molecule has 0 aliphatic heterocycles. The average Bonchev–Trinajstić information content (AvgIpc) is 2.87. The molecule has 0 saturated heterocycles. The van der Waals surface area contributed by atoms with Crippen molar-refractivity contribution in [3.8, 4) is 5.75 Å². The van der Waals surface area contributed by atoms with Crippen molar-refractivity contribution in [2.75, 3.05) is 13.2 Å². The van der Waals surface area contributed by atoms with Crippen LogP contribution in [0.15, 0.2) is 24.3 Å². The molecule has 1 aliphatic rings. The van der Waals surface area contributed by atoms with Crippen LogP contribution in [0.1, 0.15) is 31.7 Å². The first-order chi connectivity index (χ1) is 9.72. The summed E-state index contributed by atoms with van der Waals surface area (Å²) < 4.78 is 5.56. The molecule has 1 saturated carbocycles. The van der Waals surface area contributed by atoms with Crippen LogP contribution in [0.25, 0.3) is 0 Å². The van der Waals surface area contributed by atoms with Gasteiger partial charge in [-0.1, -0.05) is 18.2 Å². The SMILES string of the molecule is CCOc1ccccc1CCNC(=O)C1CCCC1O. The second kappa shape index (κ2) is 7.29. The van der Waals surface area contributed by atoms with E-state index in [4.69, 9.17) is 4.74 Å². The Labute approximate surface area is 120 Å². The van der Waals surface area contributed by atoms with E-state index in [2.05, 4.69) is 5.32 Å². The standard InChI is InChI=1S/C16H23NO3/c1-2-20-15-9-4-3-6-12(15)10-11-17-16(19)13-7-5-8-14(13)18/h3-4,6,9,13-14,18H,2,5,7-8,10-11H2,1H3,(H,17,19). The van der Waals surface area contributed by atoms with Crippen molar-refractivity contribution in [2.24, 2.45) is 5.92 Å². The maximum absolute atomic E-state index is 12.0. The first-order valence-corrected chi connectivity index (χ1v) is 7.39. The van der Waals surface area contributed by atoms with Crippen LogP contribution in [0.4, 0.5) is 0 Å². The fourth-order valence-corrected chi connectivity index (χ4v) is 2.70. The van der Waals surface area contributed by atoms with Gasteiger partial charge in [0.2, 0.25) is 5.91 Å². The van der Waals surface area contributed by atoms with Gasteiger partial charge in [-0.2, -0.15) is 0 Å². The average molecular weight is 277 g/mol. The lowest BCUT2D eigenvalue weighted by Crippen LogP contribution is -2.35. The lowest BCUT2D eigenvalue weighted by molar-refractivity contribution is -0.127. The van der Waals surface area contributed by atoms with Crippen LogP contribution >= 0.6 is 0 Å². The molecule has 1 fully saturated rings. The molecule has 1 amide bonds. The lowest BCUT2D eigenvalue weighted by atomic mass is 10.1. The molecular formula is C16H23NO3. The quantitative estimate of drug-likeness (QED) is 0.835. The molecule has 1 aromatic carbocycles. The highest BCUT2D eigenvalue weighted by molar-refractivity contribution is 5.79. The van der Waals surface area contributed by atoms with Crippen LogP contribution in [0.5, 0.6) is 5.75 Å². The minimum Gasteiger partial charge on any atom is -0.494 e. The summed E-state index contributed by atoms with van der Waals surface area (Å²) in [6.45, 7) is 3.17. The smallest absolute Gasteiger partial charge is 0.225 e. The zero-order valence-electron chi connectivity index (χ0n) is 12.0. The number of hydrogen-bond acceptors (Lipinski definition) is 3. The number of nitrogens with one attached hydrogen (secondary N) is 1. The van der Waals surface area contributed by atoms with Gasteiger partial charge in [0, 0.05) is 6.54 Å². The van der Waals surface area contributed by atoms with Gasteiger partial charge < -0.3 is 15.2 Å². The van der Waals surface area contributed by atoms with E-state index >= 15 is 0 Å². The van der Waals surface area contributed by atoms with Crippen LogP contribution in [0.3, 0.4) is 0 Å². The Bertz CT molecular complexity index is 447. The summed E-state index contributed by atoms with van der Waals surface area (Å²) in [6.07, 6.45) is 2.75. The first-order valence-electron chi connectivity index (χ1n) is 7.39. The van der Waals surface area contributed by atoms with Crippen LogP contribution in [-0.2, 0) is 11.2 Å². The molecule has 20 heavy (non-hydrogen) atoms. The van der Waals surface area contributed by atoms with Crippen molar-refractivity contribution >= 4 is 5.91 Å². The second-order valence-electron chi connectivity index (χ2n) is 5.19. The number of amides is 1. The Hall–Kier alpha value is -1.55. The molecule has 0 aromatic heterocycles. The van der Waals surface area contributed by atoms with Crippen LogP contribution in [-0.4, -0.2) is 30.3 Å². The van der Waals surface area contributed by atoms with Crippen LogP contribution in [0.2, 0.25) is 0 Å². The van der Waals surface area contributed by atoms with E-state index < -0.39 is 6.10 Å². The number of hydrogen-bond donors (Lipinski definition) is 2. The van der Waals surface area contributed by atoms with Gasteiger partial charge in [-0.25, -0.2) is 0 Å². The number of para-hydroxylation sites is 1. The number of aliphatic hydroxyl groups excluding tert-OH is 1. The predicted molar refractivity (Wildman–Crippen MR) is 77.7 cm³/mol. The summed E-state index contributed by atoms with van der Waals surface area (Å²) in [7, 11) is 0. The summed E-state index contributed by atoms with van der Waals surface area (Å²) >= 11 is 0. The summed E-state index contributed by atoms with van der Waals surface area (Å²) in [5.41, 5.74) is 1.10. The van der Waals surface area contributed by atoms with Gasteiger partial charge in [0.1, 0.15) is 5.75 Å². The zero-order chi connectivity index (χ0) is 14.4. The fourth-order valence-electron chi connectivity index (χ4n) is 2.70. The van der Waals surface area contributed by atoms with Crippen molar-refractivity contribution in [1.29, 1.82) is 0 Å². The zero-order valence-corrected chi connectivity index (χ0v) is 12.0. The molecule has 1 aromatic rings. The van der Waals surface area contributed by atoms with Gasteiger partial charge in [0.15, 0.2) is 0 Å². The number of aliphatic hydroxyl groups is 1. The third kappa shape index (κ3) is 3.73. The second-order valence-corrected chi connectivity index (χ2v) is 5.19. The van der Waals surface area contributed by atoms with E-state index in [-0.39, 0.29) is 11.8 Å². The molecule has 1 aliphatic carbocycles. The van der Waals surface area contributed by atoms with Gasteiger partial charge in [-0.15, -0.1) is 0 Å².